The maximum Gasteiger partial charge on any atom is 0.259 e. The number of carbonyl (C=O) groups excluding carboxylic acids is 2. The molecule has 0 radical (unpaired) electrons. The molecule has 0 fully saturated rings. The lowest BCUT2D eigenvalue weighted by molar-refractivity contribution is -0.118. The molecule has 0 saturated carbocycles. The molecule has 130 valence electrons. The predicted molar refractivity (Wildman–Crippen MR) is 96.1 cm³/mol. The van der Waals surface area contributed by atoms with E-state index in [1.165, 1.54) is 4.68 Å². The van der Waals surface area contributed by atoms with Gasteiger partial charge in [-0.3, -0.25) is 14.3 Å². The Labute approximate surface area is 149 Å². The lowest BCUT2D eigenvalue weighted by Crippen LogP contribution is -2.18. The Morgan fingerprint density at radius 2 is 2.00 bits per heavy atom. The summed E-state index contributed by atoms with van der Waals surface area (Å²) in [6.45, 7) is 1.95. The highest BCUT2D eigenvalue weighted by atomic mass is 16.5. The molecule has 0 unspecified atom stereocenters. The molecule has 0 bridgehead atoms. The molecule has 2 amide bonds. The van der Waals surface area contributed by atoms with Gasteiger partial charge in [0.2, 0.25) is 5.91 Å². The van der Waals surface area contributed by atoms with Gasteiger partial charge in [0.1, 0.15) is 12.3 Å². The fourth-order valence-corrected chi connectivity index (χ4v) is 2.87. The third-order valence-electron chi connectivity index (χ3n) is 4.11. The molecule has 0 spiro atoms. The number of aromatic nitrogens is 2. The number of primary amides is 1. The molecule has 26 heavy (non-hydrogen) atoms. The van der Waals surface area contributed by atoms with Gasteiger partial charge in [0, 0.05) is 11.8 Å². The van der Waals surface area contributed by atoms with Crippen molar-refractivity contribution >= 4 is 17.5 Å². The van der Waals surface area contributed by atoms with Crippen molar-refractivity contribution in [3.05, 3.63) is 59.9 Å². The Balaban J connectivity index is 1.70. The molecule has 2 heterocycles. The van der Waals surface area contributed by atoms with E-state index in [9.17, 15) is 9.59 Å². The molecule has 0 aliphatic carbocycles. The fraction of sp³-hybridized carbons (Fsp3) is 0.105. The second-order valence-electron chi connectivity index (χ2n) is 6.16. The van der Waals surface area contributed by atoms with Gasteiger partial charge in [-0.25, -0.2) is 0 Å². The SMILES string of the molecule is Cc1ccc2c(c1)NC(=O)c1cc(-c3cnn(CC(N)=O)c3)ccc1O2. The van der Waals surface area contributed by atoms with Gasteiger partial charge in [0.15, 0.2) is 5.75 Å². The Morgan fingerprint density at radius 1 is 1.19 bits per heavy atom. The van der Waals surface area contributed by atoms with Gasteiger partial charge in [-0.15, -0.1) is 0 Å². The van der Waals surface area contributed by atoms with Crippen LogP contribution < -0.4 is 15.8 Å². The summed E-state index contributed by atoms with van der Waals surface area (Å²) in [7, 11) is 0. The van der Waals surface area contributed by atoms with Gasteiger partial charge in [-0.2, -0.15) is 5.10 Å². The zero-order valence-electron chi connectivity index (χ0n) is 14.0. The molecular weight excluding hydrogens is 332 g/mol. The van der Waals surface area contributed by atoms with E-state index < -0.39 is 5.91 Å². The summed E-state index contributed by atoms with van der Waals surface area (Å²) in [6, 6.07) is 11.0. The Morgan fingerprint density at radius 3 is 2.81 bits per heavy atom. The summed E-state index contributed by atoms with van der Waals surface area (Å²) in [5.74, 6) is 0.376. The topological polar surface area (TPSA) is 99.2 Å². The van der Waals surface area contributed by atoms with Crippen LogP contribution in [0, 0.1) is 6.92 Å². The van der Waals surface area contributed by atoms with E-state index in [0.717, 1.165) is 16.7 Å². The molecule has 7 nitrogen and oxygen atoms in total. The van der Waals surface area contributed by atoms with E-state index >= 15 is 0 Å². The summed E-state index contributed by atoms with van der Waals surface area (Å²) in [6.07, 6.45) is 3.33. The lowest BCUT2D eigenvalue weighted by Gasteiger charge is -2.08. The Kier molecular flexibility index (Phi) is 3.69. The van der Waals surface area contributed by atoms with Crippen LogP contribution in [0.1, 0.15) is 15.9 Å². The molecule has 0 saturated heterocycles. The second-order valence-corrected chi connectivity index (χ2v) is 6.16. The van der Waals surface area contributed by atoms with Crippen molar-refractivity contribution in [1.29, 1.82) is 0 Å². The van der Waals surface area contributed by atoms with E-state index in [1.807, 2.05) is 31.2 Å². The van der Waals surface area contributed by atoms with Crippen LogP contribution in [0.4, 0.5) is 5.69 Å². The standard InChI is InChI=1S/C19H16N4O3/c1-11-2-4-17-15(6-11)22-19(25)14-7-12(3-5-16(14)26-17)13-8-21-23(9-13)10-18(20)24/h2-9H,10H2,1H3,(H2,20,24)(H,22,25). The quantitative estimate of drug-likeness (QED) is 0.760. The first-order chi connectivity index (χ1) is 12.5. The molecule has 1 aliphatic rings. The minimum atomic E-state index is -0.470. The number of aryl methyl sites for hydroxylation is 1. The third kappa shape index (κ3) is 2.90. The van der Waals surface area contributed by atoms with Crippen molar-refractivity contribution in [2.45, 2.75) is 13.5 Å². The van der Waals surface area contributed by atoms with E-state index in [0.29, 0.717) is 22.7 Å². The van der Waals surface area contributed by atoms with Crippen LogP contribution in [0.5, 0.6) is 11.5 Å². The molecule has 1 aromatic heterocycles. The zero-order valence-corrected chi connectivity index (χ0v) is 14.0. The first-order valence-corrected chi connectivity index (χ1v) is 8.04. The van der Waals surface area contributed by atoms with Crippen molar-refractivity contribution < 1.29 is 14.3 Å². The molecule has 7 heteroatoms. The number of anilines is 1. The first kappa shape index (κ1) is 15.9. The summed E-state index contributed by atoms with van der Waals surface area (Å²) in [5, 5.41) is 6.99. The molecule has 1 aliphatic heterocycles. The third-order valence-corrected chi connectivity index (χ3v) is 4.11. The highest BCUT2D eigenvalue weighted by Crippen LogP contribution is 2.37. The van der Waals surface area contributed by atoms with Crippen LogP contribution in [-0.4, -0.2) is 21.6 Å². The summed E-state index contributed by atoms with van der Waals surface area (Å²) < 4.78 is 7.37. The fourth-order valence-electron chi connectivity index (χ4n) is 2.87. The Hall–Kier alpha value is -3.61. The van der Waals surface area contributed by atoms with Crippen LogP contribution in [-0.2, 0) is 11.3 Å². The van der Waals surface area contributed by atoms with Crippen molar-refractivity contribution in [1.82, 2.24) is 9.78 Å². The second kappa shape index (κ2) is 6.03. The van der Waals surface area contributed by atoms with Gasteiger partial charge in [-0.1, -0.05) is 12.1 Å². The normalized spacial score (nSPS) is 12.4. The zero-order chi connectivity index (χ0) is 18.3. The van der Waals surface area contributed by atoms with Crippen molar-refractivity contribution in [3.63, 3.8) is 0 Å². The maximum absolute atomic E-state index is 12.6. The minimum Gasteiger partial charge on any atom is -0.454 e. The highest BCUT2D eigenvalue weighted by Gasteiger charge is 2.21. The van der Waals surface area contributed by atoms with Gasteiger partial charge < -0.3 is 15.8 Å². The molecule has 2 aromatic carbocycles. The average Bonchev–Trinajstić information content (AvgIpc) is 2.99. The Bertz CT molecular complexity index is 1040. The van der Waals surface area contributed by atoms with Crippen molar-refractivity contribution in [3.8, 4) is 22.6 Å². The lowest BCUT2D eigenvalue weighted by atomic mass is 10.0. The average molecular weight is 348 g/mol. The van der Waals surface area contributed by atoms with Crippen LogP contribution in [0.25, 0.3) is 11.1 Å². The number of carbonyl (C=O) groups is 2. The largest absolute Gasteiger partial charge is 0.454 e. The highest BCUT2D eigenvalue weighted by molar-refractivity contribution is 6.08. The van der Waals surface area contributed by atoms with Crippen LogP contribution >= 0.6 is 0 Å². The number of hydrogen-bond acceptors (Lipinski definition) is 4. The number of rotatable bonds is 3. The number of nitrogens with one attached hydrogen (secondary N) is 1. The number of benzene rings is 2. The van der Waals surface area contributed by atoms with Crippen LogP contribution in [0.15, 0.2) is 48.8 Å². The van der Waals surface area contributed by atoms with Crippen molar-refractivity contribution in [2.24, 2.45) is 5.73 Å². The number of amides is 2. The molecule has 3 N–H and O–H groups in total. The number of hydrogen-bond donors (Lipinski definition) is 2. The van der Waals surface area contributed by atoms with Crippen LogP contribution in [0.3, 0.4) is 0 Å². The number of fused-ring (bicyclic) bond motifs is 2. The van der Waals surface area contributed by atoms with Gasteiger partial charge >= 0.3 is 0 Å². The maximum atomic E-state index is 12.6. The molecule has 4 rings (SSSR count). The number of ether oxygens (including phenoxy) is 1. The molecule has 0 atom stereocenters. The summed E-state index contributed by atoms with van der Waals surface area (Å²) >= 11 is 0. The monoisotopic (exact) mass is 348 g/mol. The predicted octanol–water partition coefficient (Wildman–Crippen LogP) is 2.70. The van der Waals surface area contributed by atoms with E-state index in [1.54, 1.807) is 24.5 Å². The molecular formula is C19H16N4O3. The first-order valence-electron chi connectivity index (χ1n) is 8.04. The van der Waals surface area contributed by atoms with Gasteiger partial charge in [0.05, 0.1) is 17.4 Å². The van der Waals surface area contributed by atoms with Gasteiger partial charge in [-0.05, 0) is 42.3 Å². The number of nitrogens with zero attached hydrogens (tertiary/aromatic N) is 2. The molecule has 3 aromatic rings. The smallest absolute Gasteiger partial charge is 0.259 e. The van der Waals surface area contributed by atoms with E-state index in [-0.39, 0.29) is 12.5 Å². The minimum absolute atomic E-state index is 0.00317. The summed E-state index contributed by atoms with van der Waals surface area (Å²) in [5.41, 5.74) is 8.85. The van der Waals surface area contributed by atoms with E-state index in [2.05, 4.69) is 10.4 Å². The van der Waals surface area contributed by atoms with Crippen LogP contribution in [0.2, 0.25) is 0 Å². The summed E-state index contributed by atoms with van der Waals surface area (Å²) in [4.78, 5) is 23.7. The van der Waals surface area contributed by atoms with E-state index in [4.69, 9.17) is 10.5 Å². The van der Waals surface area contributed by atoms with Gasteiger partial charge in [0.25, 0.3) is 5.91 Å². The van der Waals surface area contributed by atoms with Crippen molar-refractivity contribution in [2.75, 3.05) is 5.32 Å². The number of nitrogens with two attached hydrogens (primary N) is 1.